The number of nitrogens with zero attached hydrogens (tertiary/aromatic N) is 1. The van der Waals surface area contributed by atoms with E-state index in [-0.39, 0.29) is 5.91 Å². The smallest absolute Gasteiger partial charge is 0.225 e. The average molecular weight is 277 g/mol. The lowest BCUT2D eigenvalue weighted by molar-refractivity contribution is -0.116. The summed E-state index contributed by atoms with van der Waals surface area (Å²) in [5, 5.41) is 12.8. The van der Waals surface area contributed by atoms with E-state index in [1.807, 2.05) is 26.0 Å². The monoisotopic (exact) mass is 277 g/mol. The van der Waals surface area contributed by atoms with E-state index in [9.17, 15) is 9.90 Å². The third kappa shape index (κ3) is 3.95. The molecule has 5 nitrogen and oxygen atoms in total. The van der Waals surface area contributed by atoms with Crippen molar-refractivity contribution in [3.63, 3.8) is 0 Å². The summed E-state index contributed by atoms with van der Waals surface area (Å²) < 4.78 is 0. The van der Waals surface area contributed by atoms with Gasteiger partial charge < -0.3 is 16.2 Å². The summed E-state index contributed by atoms with van der Waals surface area (Å²) in [6.07, 6.45) is 1.19. The highest BCUT2D eigenvalue weighted by Crippen LogP contribution is 2.21. The fraction of sp³-hybridized carbons (Fsp3) is 0.533. The van der Waals surface area contributed by atoms with Crippen LogP contribution in [0.4, 0.5) is 11.4 Å². The molecule has 1 aromatic rings. The Labute approximate surface area is 119 Å². The van der Waals surface area contributed by atoms with Crippen LogP contribution in [0.5, 0.6) is 0 Å². The Balaban J connectivity index is 1.83. The van der Waals surface area contributed by atoms with Crippen LogP contribution in [0.1, 0.15) is 25.3 Å². The first-order valence-electron chi connectivity index (χ1n) is 6.96. The predicted molar refractivity (Wildman–Crippen MR) is 80.5 cm³/mol. The molecule has 1 aliphatic heterocycles. The van der Waals surface area contributed by atoms with E-state index in [4.69, 9.17) is 5.73 Å². The van der Waals surface area contributed by atoms with Gasteiger partial charge in [0, 0.05) is 37.4 Å². The number of hydrogen-bond donors (Lipinski definition) is 3. The first-order valence-corrected chi connectivity index (χ1v) is 6.96. The topological polar surface area (TPSA) is 78.6 Å². The van der Waals surface area contributed by atoms with Crippen LogP contribution < -0.4 is 11.1 Å². The number of likely N-dealkylation sites (tertiary alicyclic amines) is 1. The van der Waals surface area contributed by atoms with Gasteiger partial charge in [0.2, 0.25) is 5.91 Å². The Bertz CT molecular complexity index is 500. The van der Waals surface area contributed by atoms with Crippen molar-refractivity contribution in [1.82, 2.24) is 4.90 Å². The van der Waals surface area contributed by atoms with Crippen LogP contribution in [-0.2, 0) is 4.79 Å². The van der Waals surface area contributed by atoms with Crippen LogP contribution in [-0.4, -0.2) is 41.1 Å². The molecular formula is C15H23N3O2. The quantitative estimate of drug-likeness (QED) is 0.726. The second kappa shape index (κ2) is 5.81. The van der Waals surface area contributed by atoms with Gasteiger partial charge >= 0.3 is 0 Å². The van der Waals surface area contributed by atoms with E-state index < -0.39 is 5.60 Å². The molecule has 0 aliphatic carbocycles. The fourth-order valence-electron chi connectivity index (χ4n) is 2.48. The molecule has 1 unspecified atom stereocenters. The molecule has 1 heterocycles. The maximum absolute atomic E-state index is 12.0. The molecule has 0 radical (unpaired) electrons. The van der Waals surface area contributed by atoms with Crippen molar-refractivity contribution in [3.05, 3.63) is 23.8 Å². The number of nitrogens with one attached hydrogen (secondary N) is 1. The van der Waals surface area contributed by atoms with Crippen LogP contribution in [0.15, 0.2) is 18.2 Å². The molecule has 0 aromatic heterocycles. The number of rotatable bonds is 4. The standard InChI is InChI=1S/C15H23N3O2/c1-11-3-4-12(16)9-13(11)17-14(19)5-7-18-8-6-15(2,20)10-18/h3-4,9,20H,5-8,10,16H2,1-2H3,(H,17,19). The van der Waals surface area contributed by atoms with Gasteiger partial charge in [-0.25, -0.2) is 0 Å². The summed E-state index contributed by atoms with van der Waals surface area (Å²) in [5.74, 6) is -0.0229. The summed E-state index contributed by atoms with van der Waals surface area (Å²) >= 11 is 0. The van der Waals surface area contributed by atoms with Crippen LogP contribution in [0.25, 0.3) is 0 Å². The number of hydrogen-bond acceptors (Lipinski definition) is 4. The van der Waals surface area contributed by atoms with Crippen LogP contribution >= 0.6 is 0 Å². The Hall–Kier alpha value is -1.59. The Morgan fingerprint density at radius 1 is 1.55 bits per heavy atom. The van der Waals surface area contributed by atoms with E-state index in [0.717, 1.165) is 24.2 Å². The van der Waals surface area contributed by atoms with Crippen LogP contribution in [0.3, 0.4) is 0 Å². The molecule has 4 N–H and O–H groups in total. The molecule has 1 amide bonds. The van der Waals surface area contributed by atoms with Crippen molar-refractivity contribution >= 4 is 17.3 Å². The number of aryl methyl sites for hydroxylation is 1. The largest absolute Gasteiger partial charge is 0.399 e. The Morgan fingerprint density at radius 3 is 2.95 bits per heavy atom. The van der Waals surface area contributed by atoms with Gasteiger partial charge in [0.15, 0.2) is 0 Å². The summed E-state index contributed by atoms with van der Waals surface area (Å²) in [4.78, 5) is 14.1. The lowest BCUT2D eigenvalue weighted by Crippen LogP contribution is -2.31. The first-order chi connectivity index (χ1) is 9.35. The maximum Gasteiger partial charge on any atom is 0.225 e. The second-order valence-electron chi connectivity index (χ2n) is 5.90. The van der Waals surface area contributed by atoms with Crippen molar-refractivity contribution in [2.45, 2.75) is 32.3 Å². The Morgan fingerprint density at radius 2 is 2.30 bits per heavy atom. The molecule has 0 saturated carbocycles. The SMILES string of the molecule is Cc1ccc(N)cc1NC(=O)CCN1CCC(C)(O)C1. The number of amides is 1. The number of nitrogens with two attached hydrogens (primary N) is 1. The van der Waals surface area contributed by atoms with Gasteiger partial charge in [-0.1, -0.05) is 6.07 Å². The molecule has 0 spiro atoms. The zero-order valence-corrected chi connectivity index (χ0v) is 12.1. The first kappa shape index (κ1) is 14.8. The van der Waals surface area contributed by atoms with E-state index in [2.05, 4.69) is 10.2 Å². The van der Waals surface area contributed by atoms with Gasteiger partial charge in [0.05, 0.1) is 5.60 Å². The average Bonchev–Trinajstić information content (AvgIpc) is 2.71. The van der Waals surface area contributed by atoms with E-state index >= 15 is 0 Å². The molecule has 110 valence electrons. The van der Waals surface area contributed by atoms with E-state index in [1.54, 1.807) is 6.07 Å². The van der Waals surface area contributed by atoms with Gasteiger partial charge in [-0.15, -0.1) is 0 Å². The van der Waals surface area contributed by atoms with Gasteiger partial charge in [0.25, 0.3) is 0 Å². The maximum atomic E-state index is 12.0. The van der Waals surface area contributed by atoms with E-state index in [0.29, 0.717) is 25.2 Å². The fourth-order valence-corrected chi connectivity index (χ4v) is 2.48. The zero-order valence-electron chi connectivity index (χ0n) is 12.1. The minimum absolute atomic E-state index is 0.0229. The molecule has 1 fully saturated rings. The summed E-state index contributed by atoms with van der Waals surface area (Å²) in [5.41, 5.74) is 7.51. The molecule has 0 bridgehead atoms. The molecule has 1 aromatic carbocycles. The number of benzene rings is 1. The molecule has 1 saturated heterocycles. The minimum atomic E-state index is -0.610. The molecule has 2 rings (SSSR count). The van der Waals surface area contributed by atoms with Crippen molar-refractivity contribution < 1.29 is 9.90 Å². The zero-order chi connectivity index (χ0) is 14.8. The van der Waals surface area contributed by atoms with Gasteiger partial charge in [-0.05, 0) is 38.0 Å². The lowest BCUT2D eigenvalue weighted by atomic mass is 10.1. The second-order valence-corrected chi connectivity index (χ2v) is 5.90. The summed E-state index contributed by atoms with van der Waals surface area (Å²) in [7, 11) is 0. The molecular weight excluding hydrogens is 254 g/mol. The number of nitrogen functional groups attached to an aromatic ring is 1. The highest BCUT2D eigenvalue weighted by atomic mass is 16.3. The number of β-amino-alcohol motifs (C(OH)–C–C–N with tert-alkyl or cyclic N) is 1. The normalized spacial score (nSPS) is 22.9. The van der Waals surface area contributed by atoms with Gasteiger partial charge in [-0.3, -0.25) is 9.69 Å². The lowest BCUT2D eigenvalue weighted by Gasteiger charge is -2.18. The molecule has 20 heavy (non-hydrogen) atoms. The minimum Gasteiger partial charge on any atom is -0.399 e. The summed E-state index contributed by atoms with van der Waals surface area (Å²) in [6, 6.07) is 5.48. The van der Waals surface area contributed by atoms with E-state index in [1.165, 1.54) is 0 Å². The number of aliphatic hydroxyl groups is 1. The number of carbonyl (C=O) groups is 1. The number of anilines is 2. The molecule has 5 heteroatoms. The van der Waals surface area contributed by atoms with Crippen molar-refractivity contribution in [2.24, 2.45) is 0 Å². The highest BCUT2D eigenvalue weighted by molar-refractivity contribution is 5.92. The third-order valence-electron chi connectivity index (χ3n) is 3.72. The third-order valence-corrected chi connectivity index (χ3v) is 3.72. The predicted octanol–water partition coefficient (Wildman–Crippen LogP) is 1.36. The van der Waals surface area contributed by atoms with Gasteiger partial charge in [-0.2, -0.15) is 0 Å². The number of carbonyl (C=O) groups excluding carboxylic acids is 1. The van der Waals surface area contributed by atoms with Crippen molar-refractivity contribution in [1.29, 1.82) is 0 Å². The van der Waals surface area contributed by atoms with Gasteiger partial charge in [0.1, 0.15) is 0 Å². The highest BCUT2D eigenvalue weighted by Gasteiger charge is 2.30. The van der Waals surface area contributed by atoms with Crippen LogP contribution in [0.2, 0.25) is 0 Å². The Kier molecular flexibility index (Phi) is 4.30. The van der Waals surface area contributed by atoms with Crippen molar-refractivity contribution in [2.75, 3.05) is 30.7 Å². The summed E-state index contributed by atoms with van der Waals surface area (Å²) in [6.45, 7) is 5.93. The van der Waals surface area contributed by atoms with Crippen LogP contribution in [0, 0.1) is 6.92 Å². The van der Waals surface area contributed by atoms with Crippen molar-refractivity contribution in [3.8, 4) is 0 Å². The molecule has 1 aliphatic rings. The molecule has 1 atom stereocenters.